The highest BCUT2D eigenvalue weighted by Gasteiger charge is 2.39. The van der Waals surface area contributed by atoms with Crippen LogP contribution in [0, 0.1) is 12.3 Å². The summed E-state index contributed by atoms with van der Waals surface area (Å²) in [6.07, 6.45) is 3.33. The Balaban J connectivity index is 1.17. The minimum Gasteiger partial charge on any atom is -0.491 e. The van der Waals surface area contributed by atoms with Crippen LogP contribution in [0.15, 0.2) is 40.8 Å². The van der Waals surface area contributed by atoms with Gasteiger partial charge in [0.2, 0.25) is 0 Å². The molecule has 2 aliphatic heterocycles. The molecule has 2 aliphatic rings. The third-order valence-electron chi connectivity index (χ3n) is 6.69. The van der Waals surface area contributed by atoms with E-state index in [-0.39, 0.29) is 0 Å². The van der Waals surface area contributed by atoms with Crippen LogP contribution in [0.1, 0.15) is 36.3 Å². The predicted octanol–water partition coefficient (Wildman–Crippen LogP) is 3.04. The summed E-state index contributed by atoms with van der Waals surface area (Å²) < 4.78 is 11.5. The molecule has 0 saturated carbocycles. The van der Waals surface area contributed by atoms with Crippen LogP contribution in [0.2, 0.25) is 0 Å². The Labute approximate surface area is 186 Å². The first kappa shape index (κ1) is 22.3. The van der Waals surface area contributed by atoms with E-state index in [1.807, 2.05) is 31.2 Å². The second kappa shape index (κ2) is 10.2. The molecule has 170 valence electrons. The molecule has 3 heterocycles. The number of rotatable bonds is 9. The first-order valence-electron chi connectivity index (χ1n) is 11.6. The molecule has 1 aromatic heterocycles. The van der Waals surface area contributed by atoms with E-state index in [1.165, 1.54) is 24.8 Å². The molecule has 1 aromatic carbocycles. The number of hydrogen-bond acceptors (Lipinski definition) is 6. The van der Waals surface area contributed by atoms with Gasteiger partial charge in [0.1, 0.15) is 30.0 Å². The van der Waals surface area contributed by atoms with Gasteiger partial charge in [-0.1, -0.05) is 12.1 Å². The highest BCUT2D eigenvalue weighted by Crippen LogP contribution is 2.38. The van der Waals surface area contributed by atoms with Gasteiger partial charge >= 0.3 is 0 Å². The van der Waals surface area contributed by atoms with Gasteiger partial charge in [0.05, 0.1) is 6.54 Å². The number of likely N-dealkylation sites (tertiary alicyclic amines) is 1. The zero-order valence-electron chi connectivity index (χ0n) is 19.0. The van der Waals surface area contributed by atoms with E-state index in [0.717, 1.165) is 56.5 Å². The Morgan fingerprint density at radius 1 is 1.13 bits per heavy atom. The summed E-state index contributed by atoms with van der Waals surface area (Å²) in [7, 11) is 2.09. The first-order valence-corrected chi connectivity index (χ1v) is 11.6. The number of benzene rings is 1. The van der Waals surface area contributed by atoms with Crippen molar-refractivity contribution in [2.24, 2.45) is 5.41 Å². The summed E-state index contributed by atoms with van der Waals surface area (Å²) in [4.78, 5) is 4.64. The third-order valence-corrected chi connectivity index (χ3v) is 6.69. The van der Waals surface area contributed by atoms with Gasteiger partial charge in [-0.25, -0.2) is 0 Å². The van der Waals surface area contributed by atoms with Crippen molar-refractivity contribution in [1.29, 1.82) is 0 Å². The summed E-state index contributed by atoms with van der Waals surface area (Å²) in [5, 5.41) is 13.9. The van der Waals surface area contributed by atoms with Crippen LogP contribution >= 0.6 is 0 Å². The quantitative estimate of drug-likeness (QED) is 0.642. The number of nitrogens with zero attached hydrogens (tertiary/aromatic N) is 2. The van der Waals surface area contributed by atoms with E-state index in [1.54, 1.807) is 0 Å². The van der Waals surface area contributed by atoms with E-state index in [0.29, 0.717) is 18.6 Å². The van der Waals surface area contributed by atoms with E-state index in [2.05, 4.69) is 34.3 Å². The van der Waals surface area contributed by atoms with Crippen molar-refractivity contribution in [3.05, 3.63) is 53.5 Å². The number of β-amino-alcohol motifs (C(OH)–C–C–N with tert-alkyl or cyclic N) is 1. The molecule has 0 amide bonds. The maximum Gasteiger partial charge on any atom is 0.119 e. The van der Waals surface area contributed by atoms with Crippen LogP contribution in [0.4, 0.5) is 0 Å². The summed E-state index contributed by atoms with van der Waals surface area (Å²) >= 11 is 0. The van der Waals surface area contributed by atoms with Crippen molar-refractivity contribution in [2.45, 2.75) is 45.4 Å². The fourth-order valence-corrected chi connectivity index (χ4v) is 4.99. The van der Waals surface area contributed by atoms with Crippen LogP contribution in [0.25, 0.3) is 0 Å². The molecule has 2 N–H and O–H groups in total. The minimum absolute atomic E-state index is 0.335. The Morgan fingerprint density at radius 2 is 1.90 bits per heavy atom. The number of aryl methyl sites for hydroxylation is 1. The zero-order chi connectivity index (χ0) is 21.7. The largest absolute Gasteiger partial charge is 0.491 e. The van der Waals surface area contributed by atoms with Gasteiger partial charge in [-0.15, -0.1) is 0 Å². The molecule has 0 aliphatic carbocycles. The van der Waals surface area contributed by atoms with Gasteiger partial charge in [-0.2, -0.15) is 0 Å². The molecule has 2 aromatic rings. The predicted molar refractivity (Wildman–Crippen MR) is 122 cm³/mol. The average molecular weight is 428 g/mol. The summed E-state index contributed by atoms with van der Waals surface area (Å²) in [6.45, 7) is 9.10. The molecule has 2 fully saturated rings. The highest BCUT2D eigenvalue weighted by molar-refractivity contribution is 5.27. The van der Waals surface area contributed by atoms with Gasteiger partial charge in [0.15, 0.2) is 0 Å². The zero-order valence-corrected chi connectivity index (χ0v) is 19.0. The fourth-order valence-electron chi connectivity index (χ4n) is 4.99. The lowest BCUT2D eigenvalue weighted by Crippen LogP contribution is -2.40. The monoisotopic (exact) mass is 427 g/mol. The second-order valence-corrected chi connectivity index (χ2v) is 9.53. The van der Waals surface area contributed by atoms with E-state index in [9.17, 15) is 5.11 Å². The van der Waals surface area contributed by atoms with Crippen LogP contribution < -0.4 is 10.1 Å². The van der Waals surface area contributed by atoms with Crippen molar-refractivity contribution in [3.63, 3.8) is 0 Å². The third kappa shape index (κ3) is 6.32. The average Bonchev–Trinajstić information content (AvgIpc) is 3.33. The molecule has 0 bridgehead atoms. The molecule has 1 atom stereocenters. The Morgan fingerprint density at radius 3 is 2.61 bits per heavy atom. The maximum atomic E-state index is 10.5. The number of ether oxygens (including phenoxy) is 1. The summed E-state index contributed by atoms with van der Waals surface area (Å²) in [5.74, 6) is 2.74. The lowest BCUT2D eigenvalue weighted by molar-refractivity contribution is 0.0698. The van der Waals surface area contributed by atoms with Crippen molar-refractivity contribution < 1.29 is 14.3 Å². The number of aliphatic hydroxyl groups is 1. The first-order chi connectivity index (χ1) is 15.0. The Bertz CT molecular complexity index is 814. The number of piperidine rings is 1. The maximum absolute atomic E-state index is 10.5. The normalized spacial score (nSPS) is 19.9. The molecule has 4 rings (SSSR count). The smallest absolute Gasteiger partial charge is 0.119 e. The summed E-state index contributed by atoms with van der Waals surface area (Å²) in [6, 6.07) is 12.2. The highest BCUT2D eigenvalue weighted by atomic mass is 16.5. The van der Waals surface area contributed by atoms with E-state index < -0.39 is 6.10 Å². The summed E-state index contributed by atoms with van der Waals surface area (Å²) in [5.41, 5.74) is 1.70. The molecule has 6 nitrogen and oxygen atoms in total. The standard InChI is InChI=1S/C25H37N3O3/c1-20-3-6-24(31-20)17-27(2)15-21-4-7-23(8-5-21)30-18-22(29)16-28-14-11-25(19-28)9-12-26-13-10-25/h3-8,22,26,29H,9-19H2,1-2H3. The minimum atomic E-state index is -0.459. The fraction of sp³-hybridized carbons (Fsp3) is 0.600. The molecule has 0 radical (unpaired) electrons. The van der Waals surface area contributed by atoms with Crippen molar-refractivity contribution in [2.75, 3.05) is 46.4 Å². The van der Waals surface area contributed by atoms with Crippen molar-refractivity contribution in [1.82, 2.24) is 15.1 Å². The van der Waals surface area contributed by atoms with Gasteiger partial charge in [-0.3, -0.25) is 4.90 Å². The lowest BCUT2D eigenvalue weighted by atomic mass is 9.78. The number of hydrogen-bond donors (Lipinski definition) is 2. The topological polar surface area (TPSA) is 61.1 Å². The van der Waals surface area contributed by atoms with Crippen LogP contribution in [-0.2, 0) is 13.1 Å². The number of furan rings is 1. The molecule has 2 saturated heterocycles. The second-order valence-electron chi connectivity index (χ2n) is 9.53. The molecule has 6 heteroatoms. The molecule has 1 unspecified atom stereocenters. The van der Waals surface area contributed by atoms with E-state index in [4.69, 9.17) is 9.15 Å². The van der Waals surface area contributed by atoms with Gasteiger partial charge in [0, 0.05) is 19.6 Å². The molecular weight excluding hydrogens is 390 g/mol. The lowest BCUT2D eigenvalue weighted by Gasteiger charge is -2.34. The molecule has 31 heavy (non-hydrogen) atoms. The molecular formula is C25H37N3O3. The number of nitrogens with one attached hydrogen (secondary N) is 1. The van der Waals surface area contributed by atoms with Crippen LogP contribution in [0.5, 0.6) is 5.75 Å². The number of aliphatic hydroxyl groups excluding tert-OH is 1. The van der Waals surface area contributed by atoms with Gasteiger partial charge in [-0.05, 0) is 88.1 Å². The van der Waals surface area contributed by atoms with Crippen LogP contribution in [-0.4, -0.2) is 67.4 Å². The van der Waals surface area contributed by atoms with Crippen molar-refractivity contribution >= 4 is 0 Å². The van der Waals surface area contributed by atoms with E-state index >= 15 is 0 Å². The van der Waals surface area contributed by atoms with Gasteiger partial charge in [0.25, 0.3) is 0 Å². The SMILES string of the molecule is Cc1ccc(CN(C)Cc2ccc(OCC(O)CN3CCC4(CCNCC4)C3)cc2)o1. The van der Waals surface area contributed by atoms with Crippen LogP contribution in [0.3, 0.4) is 0 Å². The Kier molecular flexibility index (Phi) is 7.33. The molecule has 1 spiro atoms. The van der Waals surface area contributed by atoms with Crippen molar-refractivity contribution in [3.8, 4) is 5.75 Å². The van der Waals surface area contributed by atoms with Gasteiger partial charge < -0.3 is 24.5 Å². The Hall–Kier alpha value is -1.86.